The van der Waals surface area contributed by atoms with Crippen molar-refractivity contribution in [1.82, 2.24) is 5.32 Å². The summed E-state index contributed by atoms with van der Waals surface area (Å²) in [5.41, 5.74) is -0.0874. The van der Waals surface area contributed by atoms with Gasteiger partial charge in [-0.2, -0.15) is 0 Å². The monoisotopic (exact) mass is 280 g/mol. The predicted molar refractivity (Wildman–Crippen MR) is 70.8 cm³/mol. The molecule has 0 aliphatic heterocycles. The number of benzene rings is 1. The highest BCUT2D eigenvalue weighted by Crippen LogP contribution is 2.31. The molecule has 0 saturated heterocycles. The summed E-state index contributed by atoms with van der Waals surface area (Å²) >= 11 is 0. The molecule has 108 valence electrons. The highest BCUT2D eigenvalue weighted by atomic mass is 16.6. The zero-order valence-electron chi connectivity index (χ0n) is 11.0. The van der Waals surface area contributed by atoms with E-state index in [0.717, 1.165) is 0 Å². The van der Waals surface area contributed by atoms with Crippen LogP contribution in [0.15, 0.2) is 18.2 Å². The molecular formula is C13H16N2O5. The minimum atomic E-state index is -0.575. The summed E-state index contributed by atoms with van der Waals surface area (Å²) in [5.74, 6) is -0.438. The second-order valence-corrected chi connectivity index (χ2v) is 4.64. The number of ether oxygens (including phenoxy) is 1. The van der Waals surface area contributed by atoms with Gasteiger partial charge in [0, 0.05) is 12.1 Å². The number of hydrogen-bond donors (Lipinski definition) is 2. The van der Waals surface area contributed by atoms with Gasteiger partial charge in [-0.15, -0.1) is 0 Å². The van der Waals surface area contributed by atoms with Crippen molar-refractivity contribution < 1.29 is 19.6 Å². The van der Waals surface area contributed by atoms with Crippen LogP contribution in [0.5, 0.6) is 5.75 Å². The summed E-state index contributed by atoms with van der Waals surface area (Å²) in [7, 11) is 0. The molecule has 1 amide bonds. The molecule has 1 aromatic rings. The standard InChI is InChI=1S/C13H16N2O5/c1-2-20-12-10(4-3-5-11(12)15(18)19)13(17)14-8-6-9(16)7-8/h3-5,8-9,16H,2,6-7H2,1H3,(H,14,17). The smallest absolute Gasteiger partial charge is 0.311 e. The molecule has 0 bridgehead atoms. The molecule has 1 aliphatic carbocycles. The lowest BCUT2D eigenvalue weighted by Gasteiger charge is -2.32. The van der Waals surface area contributed by atoms with Gasteiger partial charge in [-0.1, -0.05) is 6.07 Å². The number of carbonyl (C=O) groups is 1. The molecule has 0 radical (unpaired) electrons. The lowest BCUT2D eigenvalue weighted by molar-refractivity contribution is -0.385. The molecule has 0 atom stereocenters. The zero-order valence-corrected chi connectivity index (χ0v) is 11.0. The van der Waals surface area contributed by atoms with Gasteiger partial charge in [-0.3, -0.25) is 14.9 Å². The molecule has 7 heteroatoms. The van der Waals surface area contributed by atoms with E-state index in [9.17, 15) is 20.0 Å². The number of nitrogens with one attached hydrogen (secondary N) is 1. The quantitative estimate of drug-likeness (QED) is 0.624. The summed E-state index contributed by atoms with van der Waals surface area (Å²) in [6.45, 7) is 1.92. The average Bonchev–Trinajstić information content (AvgIpc) is 2.37. The first-order valence-electron chi connectivity index (χ1n) is 6.42. The molecule has 1 saturated carbocycles. The maximum Gasteiger partial charge on any atom is 0.311 e. The zero-order chi connectivity index (χ0) is 14.7. The molecular weight excluding hydrogens is 264 g/mol. The Balaban J connectivity index is 2.23. The van der Waals surface area contributed by atoms with E-state index in [1.807, 2.05) is 0 Å². The van der Waals surface area contributed by atoms with Crippen molar-refractivity contribution in [3.63, 3.8) is 0 Å². The maximum absolute atomic E-state index is 12.1. The number of rotatable bonds is 5. The van der Waals surface area contributed by atoms with Crippen LogP contribution in [0.1, 0.15) is 30.1 Å². The number of aliphatic hydroxyl groups is 1. The van der Waals surface area contributed by atoms with E-state index >= 15 is 0 Å². The van der Waals surface area contributed by atoms with Crippen molar-refractivity contribution in [1.29, 1.82) is 0 Å². The van der Waals surface area contributed by atoms with Crippen molar-refractivity contribution in [2.75, 3.05) is 6.61 Å². The fraction of sp³-hybridized carbons (Fsp3) is 0.462. The number of aliphatic hydroxyl groups excluding tert-OH is 1. The van der Waals surface area contributed by atoms with E-state index in [1.54, 1.807) is 6.92 Å². The highest BCUT2D eigenvalue weighted by molar-refractivity contribution is 5.98. The van der Waals surface area contributed by atoms with E-state index in [4.69, 9.17) is 4.74 Å². The van der Waals surface area contributed by atoms with Crippen LogP contribution in [-0.2, 0) is 0 Å². The van der Waals surface area contributed by atoms with Crippen molar-refractivity contribution >= 4 is 11.6 Å². The molecule has 20 heavy (non-hydrogen) atoms. The Morgan fingerprint density at radius 3 is 2.80 bits per heavy atom. The molecule has 1 fully saturated rings. The topological polar surface area (TPSA) is 102 Å². The third-order valence-corrected chi connectivity index (χ3v) is 3.17. The number of carbonyl (C=O) groups excluding carboxylic acids is 1. The summed E-state index contributed by atoms with van der Waals surface area (Å²) < 4.78 is 5.25. The maximum atomic E-state index is 12.1. The van der Waals surface area contributed by atoms with Crippen LogP contribution in [0.3, 0.4) is 0 Å². The molecule has 7 nitrogen and oxygen atoms in total. The number of nitro benzene ring substituents is 1. The van der Waals surface area contributed by atoms with Gasteiger partial charge in [-0.25, -0.2) is 0 Å². The van der Waals surface area contributed by atoms with E-state index in [0.29, 0.717) is 12.8 Å². The van der Waals surface area contributed by atoms with Crippen molar-refractivity contribution in [2.45, 2.75) is 31.9 Å². The van der Waals surface area contributed by atoms with Gasteiger partial charge >= 0.3 is 5.69 Å². The van der Waals surface area contributed by atoms with Crippen LogP contribution in [0.4, 0.5) is 5.69 Å². The van der Waals surface area contributed by atoms with Crippen LogP contribution in [0.25, 0.3) is 0 Å². The van der Waals surface area contributed by atoms with Gasteiger partial charge in [-0.05, 0) is 25.8 Å². The van der Waals surface area contributed by atoms with Gasteiger partial charge in [0.15, 0.2) is 0 Å². The molecule has 2 N–H and O–H groups in total. The molecule has 1 aliphatic rings. The van der Waals surface area contributed by atoms with Crippen molar-refractivity contribution in [3.05, 3.63) is 33.9 Å². The second kappa shape index (κ2) is 5.87. The number of nitrogens with zero attached hydrogens (tertiary/aromatic N) is 1. The lowest BCUT2D eigenvalue weighted by atomic mass is 9.89. The Kier molecular flexibility index (Phi) is 4.19. The van der Waals surface area contributed by atoms with E-state index in [2.05, 4.69) is 5.32 Å². The second-order valence-electron chi connectivity index (χ2n) is 4.64. The van der Waals surface area contributed by atoms with Gasteiger partial charge < -0.3 is 15.2 Å². The summed E-state index contributed by atoms with van der Waals surface area (Å²) in [6.07, 6.45) is 0.631. The van der Waals surface area contributed by atoms with Gasteiger partial charge in [0.25, 0.3) is 5.91 Å². The van der Waals surface area contributed by atoms with Gasteiger partial charge in [0.2, 0.25) is 5.75 Å². The Labute approximate surface area is 115 Å². The molecule has 0 spiro atoms. The molecule has 2 rings (SSSR count). The molecule has 1 aromatic carbocycles. The van der Waals surface area contributed by atoms with Crippen LogP contribution < -0.4 is 10.1 Å². The van der Waals surface area contributed by atoms with E-state index < -0.39 is 10.8 Å². The highest BCUT2D eigenvalue weighted by Gasteiger charge is 2.30. The minimum Gasteiger partial charge on any atom is -0.487 e. The Morgan fingerprint density at radius 1 is 1.55 bits per heavy atom. The Hall–Kier alpha value is -2.15. The summed E-state index contributed by atoms with van der Waals surface area (Å²) in [4.78, 5) is 22.5. The molecule has 0 heterocycles. The predicted octanol–water partition coefficient (Wildman–Crippen LogP) is 1.25. The first-order valence-corrected chi connectivity index (χ1v) is 6.42. The molecule has 0 aromatic heterocycles. The number of hydrogen-bond acceptors (Lipinski definition) is 5. The number of para-hydroxylation sites is 1. The fourth-order valence-electron chi connectivity index (χ4n) is 2.11. The Bertz CT molecular complexity index is 525. The lowest BCUT2D eigenvalue weighted by Crippen LogP contribution is -2.46. The summed E-state index contributed by atoms with van der Waals surface area (Å²) in [5, 5.41) is 22.9. The van der Waals surface area contributed by atoms with E-state index in [1.165, 1.54) is 18.2 Å². The first kappa shape index (κ1) is 14.3. The normalized spacial score (nSPS) is 20.9. The number of amides is 1. The summed E-state index contributed by atoms with van der Waals surface area (Å²) in [6, 6.07) is 4.15. The fourth-order valence-corrected chi connectivity index (χ4v) is 2.11. The van der Waals surface area contributed by atoms with Crippen LogP contribution in [0, 0.1) is 10.1 Å². The first-order chi connectivity index (χ1) is 9.52. The van der Waals surface area contributed by atoms with Crippen molar-refractivity contribution in [2.24, 2.45) is 0 Å². The van der Waals surface area contributed by atoms with Crippen LogP contribution in [0.2, 0.25) is 0 Å². The van der Waals surface area contributed by atoms with E-state index in [-0.39, 0.29) is 35.8 Å². The SMILES string of the molecule is CCOc1c(C(=O)NC2CC(O)C2)cccc1[N+](=O)[O-]. The van der Waals surface area contributed by atoms with Crippen LogP contribution >= 0.6 is 0 Å². The third kappa shape index (κ3) is 2.88. The Morgan fingerprint density at radius 2 is 2.25 bits per heavy atom. The average molecular weight is 280 g/mol. The van der Waals surface area contributed by atoms with Crippen molar-refractivity contribution in [3.8, 4) is 5.75 Å². The van der Waals surface area contributed by atoms with Gasteiger partial charge in [0.1, 0.15) is 0 Å². The third-order valence-electron chi connectivity index (χ3n) is 3.17. The van der Waals surface area contributed by atoms with Crippen LogP contribution in [-0.4, -0.2) is 34.7 Å². The largest absolute Gasteiger partial charge is 0.487 e. The van der Waals surface area contributed by atoms with Gasteiger partial charge in [0.05, 0.1) is 23.2 Å². The number of nitro groups is 1. The molecule has 0 unspecified atom stereocenters. The minimum absolute atomic E-state index is 0.0163.